The first-order valence-electron chi connectivity index (χ1n) is 6.22. The van der Waals surface area contributed by atoms with Gasteiger partial charge in [0, 0.05) is 12.8 Å². The third kappa shape index (κ3) is 8.47. The molecule has 0 radical (unpaired) electrons. The van der Waals surface area contributed by atoms with Crippen molar-refractivity contribution < 1.29 is 28.6 Å². The number of nitrogens with zero attached hydrogens (tertiary/aromatic N) is 2. The van der Waals surface area contributed by atoms with Gasteiger partial charge in [-0.1, -0.05) is 5.92 Å². The molecule has 7 nitrogen and oxygen atoms in total. The molecule has 0 aromatic rings. The summed E-state index contributed by atoms with van der Waals surface area (Å²) in [4.78, 5) is 37.4. The fraction of sp³-hybridized carbons (Fsp3) is 0.571. The molecule has 0 N–H and O–H groups in total. The topological polar surface area (TPSA) is 106 Å². The Balaban J connectivity index is 4.43. The Kier molecular flexibility index (Phi) is 7.84. The van der Waals surface area contributed by atoms with Crippen LogP contribution in [0.3, 0.4) is 0 Å². The molecule has 0 fully saturated rings. The highest BCUT2D eigenvalue weighted by Gasteiger charge is 2.33. The van der Waals surface area contributed by atoms with Gasteiger partial charge in [-0.2, -0.15) is 4.79 Å². The highest BCUT2D eigenvalue weighted by atomic mass is 16.6. The predicted molar refractivity (Wildman–Crippen MR) is 73.4 cm³/mol. The zero-order chi connectivity index (χ0) is 16.5. The Morgan fingerprint density at radius 2 is 1.86 bits per heavy atom. The van der Waals surface area contributed by atoms with Crippen molar-refractivity contribution >= 4 is 23.2 Å². The number of carbonyl (C=O) groups excluding carboxylic acids is 3. The summed E-state index contributed by atoms with van der Waals surface area (Å²) in [5.74, 6) is 0.0334. The molecule has 0 amide bonds. The van der Waals surface area contributed by atoms with E-state index in [0.717, 1.165) is 0 Å². The second-order valence-corrected chi connectivity index (χ2v) is 5.11. The number of carbonyl (C=O) groups is 3. The van der Waals surface area contributed by atoms with Crippen LogP contribution in [0.1, 0.15) is 33.6 Å². The van der Waals surface area contributed by atoms with Crippen LogP contribution >= 0.6 is 0 Å². The smallest absolute Gasteiger partial charge is 0.441 e. The van der Waals surface area contributed by atoms with Crippen molar-refractivity contribution in [3.63, 3.8) is 0 Å². The van der Waals surface area contributed by atoms with E-state index < -0.39 is 23.1 Å². The van der Waals surface area contributed by atoms with E-state index in [1.807, 2.05) is 0 Å². The van der Waals surface area contributed by atoms with Crippen LogP contribution < -0.4 is 0 Å². The number of ketones is 2. The van der Waals surface area contributed by atoms with Crippen molar-refractivity contribution in [3.8, 4) is 12.3 Å². The number of hydrogen-bond acceptors (Lipinski definition) is 5. The van der Waals surface area contributed by atoms with Crippen molar-refractivity contribution in [3.05, 3.63) is 5.53 Å². The Labute approximate surface area is 123 Å². The highest BCUT2D eigenvalue weighted by Crippen LogP contribution is 2.08. The first-order chi connectivity index (χ1) is 9.71. The van der Waals surface area contributed by atoms with Gasteiger partial charge in [0.05, 0.1) is 0 Å². The Bertz CT molecular complexity index is 504. The lowest BCUT2D eigenvalue weighted by Gasteiger charge is -2.17. The first kappa shape index (κ1) is 18.7. The number of hydrogen-bond donors (Lipinski definition) is 0. The summed E-state index contributed by atoms with van der Waals surface area (Å²) >= 11 is 0. The third-order valence-corrected chi connectivity index (χ3v) is 2.04. The van der Waals surface area contributed by atoms with Gasteiger partial charge in [-0.05, 0) is 20.8 Å². The molecule has 0 saturated carbocycles. The van der Waals surface area contributed by atoms with Crippen molar-refractivity contribution in [2.45, 2.75) is 39.2 Å². The van der Waals surface area contributed by atoms with Gasteiger partial charge >= 0.3 is 11.7 Å². The number of terminal acetylenes is 1. The summed E-state index contributed by atoms with van der Waals surface area (Å²) in [6.07, 6.45) is 4.51. The molecule has 21 heavy (non-hydrogen) atoms. The number of ether oxygens (including phenoxy) is 2. The van der Waals surface area contributed by atoms with Gasteiger partial charge in [0.25, 0.3) is 5.78 Å². The third-order valence-electron chi connectivity index (χ3n) is 2.04. The van der Waals surface area contributed by atoms with Crippen LogP contribution in [0.4, 0.5) is 0 Å². The SMILES string of the molecule is C#CCOCC(=O)CCC(=O)C(=[N+]=[N-])C(=O)OC(C)(C)C. The minimum atomic E-state index is -1.04. The first-order valence-corrected chi connectivity index (χ1v) is 6.22. The van der Waals surface area contributed by atoms with E-state index in [9.17, 15) is 14.4 Å². The Morgan fingerprint density at radius 1 is 1.24 bits per heavy atom. The van der Waals surface area contributed by atoms with E-state index in [1.54, 1.807) is 20.8 Å². The molecule has 114 valence electrons. The average molecular weight is 294 g/mol. The summed E-state index contributed by atoms with van der Waals surface area (Å²) in [7, 11) is 0. The molecule has 0 rings (SSSR count). The zero-order valence-electron chi connectivity index (χ0n) is 12.3. The molecule has 0 atom stereocenters. The van der Waals surface area contributed by atoms with Crippen LogP contribution in [-0.2, 0) is 23.9 Å². The summed E-state index contributed by atoms with van der Waals surface area (Å²) < 4.78 is 9.72. The molecular formula is C14H18N2O5. The molecule has 0 spiro atoms. The van der Waals surface area contributed by atoms with Gasteiger partial charge in [0.1, 0.15) is 18.8 Å². The molecule has 0 bridgehead atoms. The van der Waals surface area contributed by atoms with Gasteiger partial charge in [0.15, 0.2) is 5.78 Å². The molecule has 7 heteroatoms. The normalized spacial score (nSPS) is 10.2. The van der Waals surface area contributed by atoms with Crippen LogP contribution in [0.2, 0.25) is 0 Å². The van der Waals surface area contributed by atoms with Crippen LogP contribution in [0.5, 0.6) is 0 Å². The Morgan fingerprint density at radius 3 is 2.33 bits per heavy atom. The van der Waals surface area contributed by atoms with Crippen LogP contribution in [-0.4, -0.2) is 46.9 Å². The lowest BCUT2D eigenvalue weighted by molar-refractivity contribution is -0.152. The maximum absolute atomic E-state index is 11.7. The number of Topliss-reactive ketones (excluding diaryl/α,β-unsaturated/α-hetero) is 2. The largest absolute Gasteiger partial charge is 0.451 e. The molecule has 0 saturated heterocycles. The van der Waals surface area contributed by atoms with Crippen molar-refractivity contribution in [2.24, 2.45) is 0 Å². The number of esters is 1. The standard InChI is InChI=1S/C14H18N2O5/c1-5-8-20-9-10(17)6-7-11(18)12(16-15)13(19)21-14(2,3)4/h1H,6-9H2,2-4H3. The van der Waals surface area contributed by atoms with E-state index in [4.69, 9.17) is 21.4 Å². The minimum absolute atomic E-state index is 0.000936. The predicted octanol–water partition coefficient (Wildman–Crippen LogP) is 0.567. The molecule has 0 unspecified atom stereocenters. The van der Waals surface area contributed by atoms with E-state index >= 15 is 0 Å². The van der Waals surface area contributed by atoms with Crippen LogP contribution in [0, 0.1) is 12.3 Å². The van der Waals surface area contributed by atoms with Crippen molar-refractivity contribution in [1.29, 1.82) is 0 Å². The summed E-state index contributed by atoms with van der Waals surface area (Å²) in [6, 6.07) is 0. The maximum Gasteiger partial charge on any atom is 0.441 e. The molecule has 0 heterocycles. The summed E-state index contributed by atoms with van der Waals surface area (Å²) in [5.41, 5.74) is 7.18. The van der Waals surface area contributed by atoms with Gasteiger partial charge in [-0.15, -0.1) is 6.42 Å². The fourth-order valence-corrected chi connectivity index (χ4v) is 1.20. The maximum atomic E-state index is 11.7. The summed E-state index contributed by atoms with van der Waals surface area (Å²) in [6.45, 7) is 4.61. The van der Waals surface area contributed by atoms with E-state index in [1.165, 1.54) is 0 Å². The molecule has 0 aromatic carbocycles. The average Bonchev–Trinajstić information content (AvgIpc) is 2.35. The van der Waals surface area contributed by atoms with Gasteiger partial charge < -0.3 is 15.0 Å². The highest BCUT2D eigenvalue weighted by molar-refractivity contribution is 6.62. The molecule has 0 aromatic heterocycles. The van der Waals surface area contributed by atoms with Gasteiger partial charge in [-0.3, -0.25) is 9.59 Å². The van der Waals surface area contributed by atoms with Crippen LogP contribution in [0.25, 0.3) is 5.53 Å². The van der Waals surface area contributed by atoms with Gasteiger partial charge in [-0.25, -0.2) is 4.79 Å². The molecule has 0 aliphatic rings. The monoisotopic (exact) mass is 294 g/mol. The molecule has 0 aliphatic carbocycles. The molecule has 0 aliphatic heterocycles. The number of rotatable bonds is 8. The second-order valence-electron chi connectivity index (χ2n) is 5.11. The van der Waals surface area contributed by atoms with Crippen molar-refractivity contribution in [1.82, 2.24) is 0 Å². The summed E-state index contributed by atoms with van der Waals surface area (Å²) in [5, 5.41) is 0. The second kappa shape index (κ2) is 8.80. The minimum Gasteiger partial charge on any atom is -0.451 e. The lowest BCUT2D eigenvalue weighted by atomic mass is 10.1. The van der Waals surface area contributed by atoms with Crippen LogP contribution in [0.15, 0.2) is 0 Å². The van der Waals surface area contributed by atoms with E-state index in [-0.39, 0.29) is 31.8 Å². The van der Waals surface area contributed by atoms with E-state index in [0.29, 0.717) is 0 Å². The fourth-order valence-electron chi connectivity index (χ4n) is 1.20. The molecular weight excluding hydrogens is 276 g/mol. The zero-order valence-corrected chi connectivity index (χ0v) is 12.3. The van der Waals surface area contributed by atoms with Crippen molar-refractivity contribution in [2.75, 3.05) is 13.2 Å². The van der Waals surface area contributed by atoms with Gasteiger partial charge in [0.2, 0.25) is 0 Å². The lowest BCUT2D eigenvalue weighted by Crippen LogP contribution is -2.34. The Hall–Kier alpha value is -2.29. The quantitative estimate of drug-likeness (QED) is 0.124. The van der Waals surface area contributed by atoms with E-state index in [2.05, 4.69) is 10.7 Å².